The molecule has 1 nitrogen and oxygen atoms in total. The lowest BCUT2D eigenvalue weighted by Gasteiger charge is -2.04. The normalized spacial score (nSPS) is 42.5. The van der Waals surface area contributed by atoms with Crippen molar-refractivity contribution >= 4 is 16.8 Å². The summed E-state index contributed by atoms with van der Waals surface area (Å²) in [5, 5.41) is -0.0978. The summed E-state index contributed by atoms with van der Waals surface area (Å²) in [7, 11) is 0. The van der Waals surface area contributed by atoms with Crippen LogP contribution in [0.15, 0.2) is 0 Å². The van der Waals surface area contributed by atoms with Gasteiger partial charge in [0, 0.05) is 5.92 Å². The predicted octanol–water partition coefficient (Wildman–Crippen LogP) is 2.58. The maximum Gasteiger partial charge on any atom is 0.224 e. The van der Waals surface area contributed by atoms with Gasteiger partial charge in [0.15, 0.2) is 0 Å². The number of carbonyl (C=O) groups excluding carboxylic acids is 1. The van der Waals surface area contributed by atoms with E-state index >= 15 is 0 Å². The minimum Gasteiger partial charge on any atom is -0.281 e. The van der Waals surface area contributed by atoms with Crippen LogP contribution in [0.5, 0.6) is 0 Å². The molecule has 0 saturated heterocycles. The van der Waals surface area contributed by atoms with Crippen molar-refractivity contribution in [1.29, 1.82) is 0 Å². The van der Waals surface area contributed by atoms with Gasteiger partial charge in [0.2, 0.25) is 5.24 Å². The van der Waals surface area contributed by atoms with Crippen LogP contribution in [0.2, 0.25) is 0 Å². The van der Waals surface area contributed by atoms with Crippen molar-refractivity contribution in [2.45, 2.75) is 32.1 Å². The molecule has 11 heavy (non-hydrogen) atoms. The van der Waals surface area contributed by atoms with E-state index in [1.165, 1.54) is 19.3 Å². The molecule has 0 bridgehead atoms. The highest BCUT2D eigenvalue weighted by atomic mass is 35.5. The van der Waals surface area contributed by atoms with Crippen LogP contribution in [0.1, 0.15) is 32.1 Å². The summed E-state index contributed by atoms with van der Waals surface area (Å²) in [5.74, 6) is 1.87. The third kappa shape index (κ3) is 1.31. The fourth-order valence-electron chi connectivity index (χ4n) is 2.75. The van der Waals surface area contributed by atoms with Crippen molar-refractivity contribution in [2.75, 3.05) is 0 Å². The third-order valence-corrected chi connectivity index (χ3v) is 3.62. The SMILES string of the molecule is O=C(Cl)C1CC2CCCC2C1. The minimum absolute atomic E-state index is 0.0978. The molecule has 2 unspecified atom stereocenters. The summed E-state index contributed by atoms with van der Waals surface area (Å²) < 4.78 is 0. The molecule has 0 amide bonds. The molecule has 0 aliphatic heterocycles. The van der Waals surface area contributed by atoms with Gasteiger partial charge in [-0.1, -0.05) is 19.3 Å². The Balaban J connectivity index is 1.99. The van der Waals surface area contributed by atoms with Crippen LogP contribution in [-0.4, -0.2) is 5.24 Å². The molecule has 2 rings (SSSR count). The predicted molar refractivity (Wildman–Crippen MR) is 44.4 cm³/mol. The van der Waals surface area contributed by atoms with Crippen molar-refractivity contribution in [2.24, 2.45) is 17.8 Å². The second kappa shape index (κ2) is 2.78. The molecule has 2 saturated carbocycles. The van der Waals surface area contributed by atoms with Gasteiger partial charge in [-0.25, -0.2) is 0 Å². The Morgan fingerprint density at radius 3 is 2.18 bits per heavy atom. The molecule has 2 aliphatic rings. The van der Waals surface area contributed by atoms with E-state index in [0.717, 1.165) is 24.7 Å². The van der Waals surface area contributed by atoms with E-state index in [9.17, 15) is 4.79 Å². The maximum atomic E-state index is 10.8. The van der Waals surface area contributed by atoms with Crippen molar-refractivity contribution in [3.63, 3.8) is 0 Å². The first-order valence-corrected chi connectivity index (χ1v) is 4.84. The van der Waals surface area contributed by atoms with E-state index in [0.29, 0.717) is 0 Å². The van der Waals surface area contributed by atoms with Gasteiger partial charge in [0.25, 0.3) is 0 Å². The van der Waals surface area contributed by atoms with E-state index < -0.39 is 0 Å². The second-order valence-electron chi connectivity index (χ2n) is 3.92. The lowest BCUT2D eigenvalue weighted by atomic mass is 10.0. The lowest BCUT2D eigenvalue weighted by molar-refractivity contribution is -0.115. The van der Waals surface area contributed by atoms with Gasteiger partial charge in [0.1, 0.15) is 0 Å². The van der Waals surface area contributed by atoms with Crippen LogP contribution in [-0.2, 0) is 4.79 Å². The smallest absolute Gasteiger partial charge is 0.224 e. The van der Waals surface area contributed by atoms with Crippen molar-refractivity contribution < 1.29 is 4.79 Å². The summed E-state index contributed by atoms with van der Waals surface area (Å²) in [6.07, 6.45) is 6.20. The van der Waals surface area contributed by atoms with Crippen LogP contribution in [0, 0.1) is 17.8 Å². The first-order chi connectivity index (χ1) is 5.27. The average molecular weight is 173 g/mol. The summed E-state index contributed by atoms with van der Waals surface area (Å²) >= 11 is 5.46. The lowest BCUT2D eigenvalue weighted by Crippen LogP contribution is -2.04. The second-order valence-corrected chi connectivity index (χ2v) is 4.30. The van der Waals surface area contributed by atoms with Gasteiger partial charge < -0.3 is 0 Å². The first kappa shape index (κ1) is 7.60. The Morgan fingerprint density at radius 1 is 1.18 bits per heavy atom. The number of rotatable bonds is 1. The quantitative estimate of drug-likeness (QED) is 0.556. The topological polar surface area (TPSA) is 17.1 Å². The number of halogens is 1. The molecule has 2 atom stereocenters. The van der Waals surface area contributed by atoms with Crippen molar-refractivity contribution in [3.8, 4) is 0 Å². The fourth-order valence-corrected chi connectivity index (χ4v) is 2.92. The Bertz CT molecular complexity index is 166. The Labute approximate surface area is 72.1 Å². The highest BCUT2D eigenvalue weighted by Gasteiger charge is 2.39. The van der Waals surface area contributed by atoms with Gasteiger partial charge in [-0.3, -0.25) is 4.79 Å². The van der Waals surface area contributed by atoms with Crippen LogP contribution in [0.3, 0.4) is 0 Å². The zero-order chi connectivity index (χ0) is 7.84. The standard InChI is InChI=1S/C9H13ClO/c10-9(11)8-4-6-2-1-3-7(6)5-8/h6-8H,1-5H2. The molecule has 0 heterocycles. The molecule has 2 aliphatic carbocycles. The molecule has 0 spiro atoms. The summed E-state index contributed by atoms with van der Waals surface area (Å²) in [6.45, 7) is 0. The largest absolute Gasteiger partial charge is 0.281 e. The fraction of sp³-hybridized carbons (Fsp3) is 0.889. The van der Waals surface area contributed by atoms with Gasteiger partial charge in [-0.2, -0.15) is 0 Å². The third-order valence-electron chi connectivity index (χ3n) is 3.31. The highest BCUT2D eigenvalue weighted by molar-refractivity contribution is 6.64. The van der Waals surface area contributed by atoms with Crippen molar-refractivity contribution in [1.82, 2.24) is 0 Å². The molecular formula is C9H13ClO. The number of hydrogen-bond acceptors (Lipinski definition) is 1. The average Bonchev–Trinajstić information content (AvgIpc) is 2.40. The molecule has 0 aromatic rings. The minimum atomic E-state index is -0.0978. The molecule has 2 fully saturated rings. The van der Waals surface area contributed by atoms with E-state index in [1.54, 1.807) is 0 Å². The number of hydrogen-bond donors (Lipinski definition) is 0. The van der Waals surface area contributed by atoms with E-state index in [1.807, 2.05) is 0 Å². The van der Waals surface area contributed by atoms with Crippen LogP contribution < -0.4 is 0 Å². The molecular weight excluding hydrogens is 160 g/mol. The Morgan fingerprint density at radius 2 is 1.73 bits per heavy atom. The zero-order valence-electron chi connectivity index (χ0n) is 6.55. The summed E-state index contributed by atoms with van der Waals surface area (Å²) in [4.78, 5) is 10.8. The first-order valence-electron chi connectivity index (χ1n) is 4.46. The van der Waals surface area contributed by atoms with E-state index in [2.05, 4.69) is 0 Å². The molecule has 2 heteroatoms. The molecule has 0 radical (unpaired) electrons. The Kier molecular flexibility index (Phi) is 1.92. The zero-order valence-corrected chi connectivity index (χ0v) is 7.31. The van der Waals surface area contributed by atoms with Crippen LogP contribution in [0.4, 0.5) is 0 Å². The Hall–Kier alpha value is -0.0400. The van der Waals surface area contributed by atoms with Gasteiger partial charge in [-0.05, 0) is 36.3 Å². The summed E-state index contributed by atoms with van der Waals surface area (Å²) in [5.41, 5.74) is 0. The molecule has 0 aromatic carbocycles. The molecule has 62 valence electrons. The number of fused-ring (bicyclic) bond motifs is 1. The van der Waals surface area contributed by atoms with Gasteiger partial charge in [0.05, 0.1) is 0 Å². The van der Waals surface area contributed by atoms with Gasteiger partial charge in [-0.15, -0.1) is 0 Å². The molecule has 0 aromatic heterocycles. The van der Waals surface area contributed by atoms with E-state index in [4.69, 9.17) is 11.6 Å². The molecule has 0 N–H and O–H groups in total. The monoisotopic (exact) mass is 172 g/mol. The van der Waals surface area contributed by atoms with Gasteiger partial charge >= 0.3 is 0 Å². The van der Waals surface area contributed by atoms with E-state index in [-0.39, 0.29) is 11.2 Å². The van der Waals surface area contributed by atoms with Crippen LogP contribution >= 0.6 is 11.6 Å². The highest BCUT2D eigenvalue weighted by Crippen LogP contribution is 2.47. The maximum absolute atomic E-state index is 10.8. The number of carbonyl (C=O) groups is 1. The van der Waals surface area contributed by atoms with Crippen molar-refractivity contribution in [3.05, 3.63) is 0 Å². The van der Waals surface area contributed by atoms with Crippen LogP contribution in [0.25, 0.3) is 0 Å². The summed E-state index contributed by atoms with van der Waals surface area (Å²) in [6, 6.07) is 0.